The number of anilines is 2. The van der Waals surface area contributed by atoms with Gasteiger partial charge >= 0.3 is 12.2 Å². The summed E-state index contributed by atoms with van der Waals surface area (Å²) >= 11 is 0. The van der Waals surface area contributed by atoms with Gasteiger partial charge in [-0.1, -0.05) is 0 Å². The Morgan fingerprint density at radius 1 is 1.02 bits per heavy atom. The van der Waals surface area contributed by atoms with E-state index in [1.807, 2.05) is 30.6 Å². The van der Waals surface area contributed by atoms with Crippen molar-refractivity contribution in [2.24, 2.45) is 0 Å². The molecule has 40 heavy (non-hydrogen) atoms. The van der Waals surface area contributed by atoms with Gasteiger partial charge in [-0.25, -0.2) is 14.0 Å². The average molecular weight is 563 g/mol. The third-order valence-electron chi connectivity index (χ3n) is 7.05. The molecule has 0 saturated carbocycles. The molecule has 1 atom stereocenters. The maximum atomic E-state index is 15.1. The summed E-state index contributed by atoms with van der Waals surface area (Å²) < 4.78 is 25.8. The van der Waals surface area contributed by atoms with E-state index in [1.165, 1.54) is 17.9 Å². The largest absolute Gasteiger partial charge is 0.444 e. The fraction of sp³-hybridized carbons (Fsp3) is 0.630. The molecule has 1 unspecified atom stereocenters. The van der Waals surface area contributed by atoms with Gasteiger partial charge in [0.2, 0.25) is 11.8 Å². The zero-order valence-electron chi connectivity index (χ0n) is 23.7. The van der Waals surface area contributed by atoms with E-state index in [0.29, 0.717) is 63.7 Å². The van der Waals surface area contributed by atoms with Crippen LogP contribution in [0.15, 0.2) is 18.2 Å². The lowest BCUT2D eigenvalue weighted by Crippen LogP contribution is -2.55. The minimum absolute atomic E-state index is 0.0163. The number of piperazine rings is 2. The summed E-state index contributed by atoms with van der Waals surface area (Å²) in [5, 5.41) is 2.62. The van der Waals surface area contributed by atoms with Crippen molar-refractivity contribution in [3.63, 3.8) is 0 Å². The molecule has 3 aliphatic heterocycles. The molecule has 4 amide bonds. The van der Waals surface area contributed by atoms with E-state index in [9.17, 15) is 19.2 Å². The molecular weight excluding hydrogens is 523 g/mol. The van der Waals surface area contributed by atoms with E-state index in [-0.39, 0.29) is 37.5 Å². The average Bonchev–Trinajstić information content (AvgIpc) is 3.27. The number of ether oxygens (including phenoxy) is 2. The van der Waals surface area contributed by atoms with Gasteiger partial charge in [-0.05, 0) is 39.0 Å². The van der Waals surface area contributed by atoms with Crippen LogP contribution in [0.25, 0.3) is 0 Å². The molecule has 1 aromatic rings. The van der Waals surface area contributed by atoms with Crippen molar-refractivity contribution >= 4 is 35.4 Å². The van der Waals surface area contributed by atoms with Crippen LogP contribution in [0.2, 0.25) is 0 Å². The van der Waals surface area contributed by atoms with Crippen LogP contribution < -0.4 is 15.1 Å². The van der Waals surface area contributed by atoms with Crippen LogP contribution in [0.3, 0.4) is 0 Å². The van der Waals surface area contributed by atoms with E-state index in [4.69, 9.17) is 9.47 Å². The molecule has 0 aliphatic carbocycles. The molecular formula is C27H39FN6O6. The van der Waals surface area contributed by atoms with Crippen molar-refractivity contribution in [1.82, 2.24) is 20.0 Å². The molecule has 3 fully saturated rings. The maximum Gasteiger partial charge on any atom is 0.414 e. The Balaban J connectivity index is 1.23. The molecule has 1 aromatic carbocycles. The Labute approximate surface area is 233 Å². The number of carbonyl (C=O) groups is 4. The van der Waals surface area contributed by atoms with Gasteiger partial charge in [0.25, 0.3) is 0 Å². The molecule has 0 aromatic heterocycles. The molecule has 0 spiro atoms. The van der Waals surface area contributed by atoms with Crippen LogP contribution in [0.1, 0.15) is 27.7 Å². The number of rotatable bonds is 6. The van der Waals surface area contributed by atoms with Crippen LogP contribution in [0, 0.1) is 5.82 Å². The minimum atomic E-state index is -0.583. The third-order valence-corrected chi connectivity index (χ3v) is 7.05. The predicted octanol–water partition coefficient (Wildman–Crippen LogP) is 1.49. The number of hydrogen-bond donors (Lipinski definition) is 1. The molecule has 3 saturated heterocycles. The number of halogens is 1. The molecule has 12 nitrogen and oxygen atoms in total. The Morgan fingerprint density at radius 2 is 1.68 bits per heavy atom. The second-order valence-electron chi connectivity index (χ2n) is 11.3. The van der Waals surface area contributed by atoms with Gasteiger partial charge in [-0.15, -0.1) is 0 Å². The van der Waals surface area contributed by atoms with Crippen LogP contribution in [-0.2, 0) is 19.1 Å². The Kier molecular flexibility index (Phi) is 9.02. The van der Waals surface area contributed by atoms with Gasteiger partial charge in [-0.2, -0.15) is 0 Å². The zero-order valence-corrected chi connectivity index (χ0v) is 23.7. The van der Waals surface area contributed by atoms with E-state index in [0.717, 1.165) is 0 Å². The van der Waals surface area contributed by atoms with Crippen molar-refractivity contribution in [2.45, 2.75) is 39.4 Å². The van der Waals surface area contributed by atoms with Crippen LogP contribution in [0.5, 0.6) is 0 Å². The molecule has 1 N–H and O–H groups in total. The van der Waals surface area contributed by atoms with Gasteiger partial charge in [0.15, 0.2) is 0 Å². The summed E-state index contributed by atoms with van der Waals surface area (Å²) in [5.41, 5.74) is 0.256. The number of cyclic esters (lactones) is 1. The maximum absolute atomic E-state index is 15.1. The molecule has 0 radical (unpaired) electrons. The highest BCUT2D eigenvalue weighted by Gasteiger charge is 2.33. The first-order valence-corrected chi connectivity index (χ1v) is 13.6. The summed E-state index contributed by atoms with van der Waals surface area (Å²) in [5.74, 6) is -0.661. The summed E-state index contributed by atoms with van der Waals surface area (Å²) in [6, 6.07) is 4.63. The minimum Gasteiger partial charge on any atom is -0.444 e. The van der Waals surface area contributed by atoms with E-state index in [1.54, 1.807) is 21.9 Å². The number of amides is 4. The zero-order chi connectivity index (χ0) is 29.0. The second kappa shape index (κ2) is 12.3. The SMILES string of the molecule is CC(=O)NCC1CN(c2ccc(N3CCN(C(=O)CN4CCN(C(=O)OC(C)(C)C)CC4)CC3)c(F)c2)C(=O)O1. The summed E-state index contributed by atoms with van der Waals surface area (Å²) in [6.07, 6.45) is -1.42. The van der Waals surface area contributed by atoms with Crippen molar-refractivity contribution < 1.29 is 33.0 Å². The fourth-order valence-electron chi connectivity index (χ4n) is 4.92. The standard InChI is InChI=1S/C27H39FN6O6/c1-19(35)29-16-21-17-34(26(38)39-21)20-5-6-23(22(28)15-20)31-11-13-32(14-12-31)24(36)18-30-7-9-33(10-8-30)25(37)40-27(2,3)4/h5-6,15,21H,7-14,16-18H2,1-4H3,(H,29,35). The predicted molar refractivity (Wildman–Crippen MR) is 146 cm³/mol. The van der Waals surface area contributed by atoms with Crippen LogP contribution >= 0.6 is 0 Å². The van der Waals surface area contributed by atoms with E-state index >= 15 is 4.39 Å². The van der Waals surface area contributed by atoms with Crippen LogP contribution in [0.4, 0.5) is 25.4 Å². The van der Waals surface area contributed by atoms with Gasteiger partial charge in [0.05, 0.1) is 31.0 Å². The Bertz CT molecular complexity index is 1110. The smallest absolute Gasteiger partial charge is 0.414 e. The monoisotopic (exact) mass is 562 g/mol. The molecule has 220 valence electrons. The Morgan fingerprint density at radius 3 is 2.27 bits per heavy atom. The number of benzene rings is 1. The first-order chi connectivity index (χ1) is 18.9. The van der Waals surface area contributed by atoms with Crippen molar-refractivity contribution in [3.05, 3.63) is 24.0 Å². The highest BCUT2D eigenvalue weighted by atomic mass is 19.1. The molecule has 3 aliphatic rings. The highest BCUT2D eigenvalue weighted by Crippen LogP contribution is 2.28. The van der Waals surface area contributed by atoms with Crippen LogP contribution in [-0.4, -0.2) is 122 Å². The lowest BCUT2D eigenvalue weighted by molar-refractivity contribution is -0.133. The molecule has 13 heteroatoms. The second-order valence-corrected chi connectivity index (χ2v) is 11.3. The Hall–Kier alpha value is -3.61. The van der Waals surface area contributed by atoms with E-state index in [2.05, 4.69) is 5.32 Å². The first kappa shape index (κ1) is 29.4. The molecule has 4 rings (SSSR count). The lowest BCUT2D eigenvalue weighted by Gasteiger charge is -2.39. The number of nitrogens with zero attached hydrogens (tertiary/aromatic N) is 5. The van der Waals surface area contributed by atoms with Crippen molar-refractivity contribution in [2.75, 3.05) is 81.8 Å². The van der Waals surface area contributed by atoms with Gasteiger partial charge < -0.3 is 29.5 Å². The third kappa shape index (κ3) is 7.52. The highest BCUT2D eigenvalue weighted by molar-refractivity contribution is 5.90. The first-order valence-electron chi connectivity index (χ1n) is 13.6. The molecule has 0 bridgehead atoms. The number of hydrogen-bond acceptors (Lipinski definition) is 8. The number of carbonyl (C=O) groups excluding carboxylic acids is 4. The quantitative estimate of drug-likeness (QED) is 0.555. The van der Waals surface area contributed by atoms with Gasteiger partial charge in [0, 0.05) is 59.3 Å². The van der Waals surface area contributed by atoms with Crippen molar-refractivity contribution in [1.29, 1.82) is 0 Å². The topological polar surface area (TPSA) is 115 Å². The van der Waals surface area contributed by atoms with E-state index < -0.39 is 23.6 Å². The van der Waals surface area contributed by atoms with Gasteiger partial charge in [0.1, 0.15) is 17.5 Å². The number of nitrogens with one attached hydrogen (secondary N) is 1. The van der Waals surface area contributed by atoms with Crippen molar-refractivity contribution in [3.8, 4) is 0 Å². The fourth-order valence-corrected chi connectivity index (χ4v) is 4.92. The molecule has 3 heterocycles. The summed E-state index contributed by atoms with van der Waals surface area (Å²) in [4.78, 5) is 57.3. The summed E-state index contributed by atoms with van der Waals surface area (Å²) in [7, 11) is 0. The normalized spacial score (nSPS) is 20.4. The summed E-state index contributed by atoms with van der Waals surface area (Å²) in [6.45, 7) is 11.7. The lowest BCUT2D eigenvalue weighted by atomic mass is 10.2. The van der Waals surface area contributed by atoms with Gasteiger partial charge in [-0.3, -0.25) is 19.4 Å².